The van der Waals surface area contributed by atoms with E-state index in [4.69, 9.17) is 11.1 Å². The molecule has 0 heterocycles. The van der Waals surface area contributed by atoms with Crippen LogP contribution in [0.3, 0.4) is 0 Å². The molecule has 3 N–H and O–H groups in total. The molecule has 0 unspecified atom stereocenters. The summed E-state index contributed by atoms with van der Waals surface area (Å²) in [5.74, 6) is 0.121. The van der Waals surface area contributed by atoms with Crippen LogP contribution in [0, 0.1) is 12.3 Å². The molecule has 9 aromatic rings. The van der Waals surface area contributed by atoms with Gasteiger partial charge >= 0.3 is 0 Å². The van der Waals surface area contributed by atoms with E-state index in [1.54, 1.807) is 6.08 Å². The Morgan fingerprint density at radius 2 is 0.884 bits per heavy atom. The third-order valence-electron chi connectivity index (χ3n) is 11.5. The molecule has 0 saturated carbocycles. The van der Waals surface area contributed by atoms with E-state index >= 15 is 0 Å². The lowest BCUT2D eigenvalue weighted by molar-refractivity contribution is 0.769. The van der Waals surface area contributed by atoms with Gasteiger partial charge in [0.2, 0.25) is 0 Å². The average molecular weight is 902 g/mol. The molecule has 346 valence electrons. The van der Waals surface area contributed by atoms with Gasteiger partial charge < -0.3 is 5.73 Å². The van der Waals surface area contributed by atoms with Crippen molar-refractivity contribution in [1.82, 2.24) is 0 Å². The fourth-order valence-electron chi connectivity index (χ4n) is 8.47. The highest BCUT2D eigenvalue weighted by molar-refractivity contribution is 5.94. The van der Waals surface area contributed by atoms with E-state index in [1.807, 2.05) is 71.0 Å². The first-order valence-electron chi connectivity index (χ1n) is 23.9. The van der Waals surface area contributed by atoms with Crippen LogP contribution in [0.15, 0.2) is 254 Å². The van der Waals surface area contributed by atoms with Gasteiger partial charge in [0, 0.05) is 5.56 Å². The third kappa shape index (κ3) is 12.9. The van der Waals surface area contributed by atoms with Crippen LogP contribution < -0.4 is 5.73 Å². The van der Waals surface area contributed by atoms with Gasteiger partial charge in [-0.1, -0.05) is 258 Å². The Morgan fingerprint density at radius 3 is 1.41 bits per heavy atom. The molecule has 0 fully saturated rings. The fraction of sp³-hybridized carbons (Fsp3) is 0.121. The molecule has 0 spiro atoms. The van der Waals surface area contributed by atoms with E-state index in [-0.39, 0.29) is 5.84 Å². The van der Waals surface area contributed by atoms with E-state index in [1.165, 1.54) is 77.9 Å². The summed E-state index contributed by atoms with van der Waals surface area (Å²) in [7, 11) is 0. The second-order valence-electron chi connectivity index (χ2n) is 15.9. The number of rotatable bonds is 8. The van der Waals surface area contributed by atoms with Gasteiger partial charge in [-0.3, -0.25) is 10.4 Å². The zero-order valence-electron chi connectivity index (χ0n) is 41.2. The smallest absolute Gasteiger partial charge is 0.122 e. The molecule has 10 rings (SSSR count). The zero-order valence-corrected chi connectivity index (χ0v) is 41.2. The fourth-order valence-corrected chi connectivity index (χ4v) is 8.47. The minimum Gasteiger partial charge on any atom is -0.384 e. The van der Waals surface area contributed by atoms with Crippen molar-refractivity contribution in [3.63, 3.8) is 0 Å². The molecule has 9 aromatic carbocycles. The molecular weight excluding hydrogens is 835 g/mol. The molecule has 1 aliphatic carbocycles. The van der Waals surface area contributed by atoms with Crippen LogP contribution in [-0.4, -0.2) is 12.6 Å². The molecule has 1 aliphatic rings. The van der Waals surface area contributed by atoms with Gasteiger partial charge in [-0.25, -0.2) is 0 Å². The van der Waals surface area contributed by atoms with Gasteiger partial charge in [0.05, 0.1) is 12.0 Å². The Morgan fingerprint density at radius 1 is 0.478 bits per heavy atom. The van der Waals surface area contributed by atoms with E-state index < -0.39 is 5.41 Å². The van der Waals surface area contributed by atoms with Crippen LogP contribution in [0.2, 0.25) is 0 Å². The highest BCUT2D eigenvalue weighted by Gasteiger charge is 2.46. The van der Waals surface area contributed by atoms with Crippen LogP contribution in [-0.2, 0) is 12.0 Å². The minimum absolute atomic E-state index is 0.121. The van der Waals surface area contributed by atoms with Crippen molar-refractivity contribution in [2.24, 2.45) is 10.7 Å². The van der Waals surface area contributed by atoms with Crippen molar-refractivity contribution in [2.45, 2.75) is 53.5 Å². The molecule has 3 nitrogen and oxygen atoms in total. The monoisotopic (exact) mass is 902 g/mol. The normalized spacial score (nSPS) is 10.9. The van der Waals surface area contributed by atoms with Crippen molar-refractivity contribution >= 4 is 12.6 Å². The molecule has 0 amide bonds. The predicted molar refractivity (Wildman–Crippen MR) is 301 cm³/mol. The van der Waals surface area contributed by atoms with Crippen molar-refractivity contribution < 1.29 is 0 Å². The van der Waals surface area contributed by atoms with Crippen LogP contribution in [0.1, 0.15) is 73.6 Å². The van der Waals surface area contributed by atoms with Gasteiger partial charge in [-0.2, -0.15) is 0 Å². The molecule has 0 atom stereocenters. The average Bonchev–Trinajstić information content (AvgIpc) is 3.72. The first-order valence-corrected chi connectivity index (χ1v) is 23.9. The Kier molecular flexibility index (Phi) is 20.2. The number of aliphatic imine (C=N–C) groups is 1. The first-order chi connectivity index (χ1) is 33.9. The molecule has 0 saturated heterocycles. The summed E-state index contributed by atoms with van der Waals surface area (Å²) < 4.78 is 0. The number of allylic oxidation sites excluding steroid dienone is 1. The van der Waals surface area contributed by atoms with Crippen LogP contribution in [0.5, 0.6) is 0 Å². The van der Waals surface area contributed by atoms with Gasteiger partial charge in [0.1, 0.15) is 5.84 Å². The quantitative estimate of drug-likeness (QED) is 0.0891. The van der Waals surface area contributed by atoms with Gasteiger partial charge in [0.25, 0.3) is 0 Å². The van der Waals surface area contributed by atoms with E-state index in [0.29, 0.717) is 6.54 Å². The number of nitrogens with one attached hydrogen (secondary N) is 1. The third-order valence-corrected chi connectivity index (χ3v) is 11.5. The van der Waals surface area contributed by atoms with Crippen molar-refractivity contribution in [2.75, 3.05) is 0 Å². The van der Waals surface area contributed by atoms with E-state index in [0.717, 1.165) is 5.56 Å². The Bertz CT molecular complexity index is 2920. The number of fused-ring (bicyclic) bond motifs is 3. The Hall–Kier alpha value is -8.14. The predicted octanol–water partition coefficient (Wildman–Crippen LogP) is 17.5. The van der Waals surface area contributed by atoms with Crippen LogP contribution in [0.25, 0.3) is 44.5 Å². The van der Waals surface area contributed by atoms with Crippen molar-refractivity contribution in [3.05, 3.63) is 288 Å². The Balaban J connectivity index is 0.000000249. The highest BCUT2D eigenvalue weighted by atomic mass is 14.7. The lowest BCUT2D eigenvalue weighted by atomic mass is 9.67. The number of nitrogen functional groups attached to an aromatic ring is 1. The number of amidine groups is 1. The summed E-state index contributed by atoms with van der Waals surface area (Å²) in [6.07, 6.45) is 1.75. The van der Waals surface area contributed by atoms with E-state index in [9.17, 15) is 0 Å². The highest BCUT2D eigenvalue weighted by Crippen LogP contribution is 2.56. The summed E-state index contributed by atoms with van der Waals surface area (Å²) in [6, 6.07) is 83.6. The van der Waals surface area contributed by atoms with Crippen molar-refractivity contribution in [1.29, 1.82) is 5.41 Å². The van der Waals surface area contributed by atoms with Gasteiger partial charge in [0.15, 0.2) is 0 Å². The maximum absolute atomic E-state index is 7.01. The molecule has 0 bridgehead atoms. The summed E-state index contributed by atoms with van der Waals surface area (Å²) in [4.78, 5) is 4.07. The number of nitrogens with zero attached hydrogens (tertiary/aromatic N) is 1. The maximum Gasteiger partial charge on any atom is 0.122 e. The second kappa shape index (κ2) is 26.9. The SMILES string of the molecule is C=CC.C=NCc1cccc(-c2cccc(-c3ccc4c(c3)C(c3ccccc3)(c3ccccc3)c3ccccc3-4)c2)c1.CC.CC.Cc1ccc(-c2ccccc2)cc1.N=C(N)c1ccccc1. The van der Waals surface area contributed by atoms with Crippen molar-refractivity contribution in [3.8, 4) is 44.5 Å². The number of hydrogen-bond donors (Lipinski definition) is 2. The number of aryl methyl sites for hydroxylation is 1. The summed E-state index contributed by atoms with van der Waals surface area (Å²) in [5, 5.41) is 7.01. The molecule has 0 aliphatic heterocycles. The zero-order chi connectivity index (χ0) is 49.4. The summed E-state index contributed by atoms with van der Waals surface area (Å²) in [5.41, 5.74) is 23.3. The van der Waals surface area contributed by atoms with E-state index in [2.05, 4.69) is 225 Å². The second-order valence-corrected chi connectivity index (χ2v) is 15.9. The molecular formula is C66H67N3. The maximum atomic E-state index is 7.01. The van der Waals surface area contributed by atoms with Crippen LogP contribution >= 0.6 is 0 Å². The first kappa shape index (κ1) is 51.8. The topological polar surface area (TPSA) is 62.2 Å². The lowest BCUT2D eigenvalue weighted by Gasteiger charge is -2.34. The number of hydrogen-bond acceptors (Lipinski definition) is 2. The molecule has 3 heteroatoms. The molecule has 69 heavy (non-hydrogen) atoms. The number of nitrogens with two attached hydrogens (primary N) is 1. The molecule has 0 radical (unpaired) electrons. The van der Waals surface area contributed by atoms with Gasteiger partial charge in [-0.05, 0) is 111 Å². The number of benzene rings is 9. The van der Waals surface area contributed by atoms with Crippen LogP contribution in [0.4, 0.5) is 0 Å². The Labute approximate surface area is 413 Å². The lowest BCUT2D eigenvalue weighted by Crippen LogP contribution is -2.28. The van der Waals surface area contributed by atoms with Gasteiger partial charge in [-0.15, -0.1) is 6.58 Å². The summed E-state index contributed by atoms with van der Waals surface area (Å²) >= 11 is 0. The largest absolute Gasteiger partial charge is 0.384 e. The summed E-state index contributed by atoms with van der Waals surface area (Å²) in [6.45, 7) is 19.6. The molecule has 0 aromatic heterocycles. The minimum atomic E-state index is -0.395. The standard InChI is InChI=1S/C39H29N.C13H12.C7H8N2.C3H6.2C2H6/c1-40-27-28-12-10-13-29(24-28)30-14-11-15-31(25-30)32-22-23-36-35-20-8-9-21-37(35)39(38(36)26-32,33-16-4-2-5-17-33)34-18-6-3-7-19-34;1-11-7-9-13(10-8-11)12-5-3-2-4-6-12;8-7(9)6-4-2-1-3-5-6;1-3-2;2*1-2/h2-26H,1,27H2;2-10H,1H3;1-5H,(H3,8,9);3H,1H2,2H3;2*1-2H3.